The smallest absolute Gasteiger partial charge is 0.379 e. The molecule has 1 amide bonds. The third-order valence-electron chi connectivity index (χ3n) is 3.36. The molecule has 0 bridgehead atoms. The first-order valence-electron chi connectivity index (χ1n) is 7.65. The molecule has 0 aliphatic heterocycles. The van der Waals surface area contributed by atoms with Gasteiger partial charge in [0.25, 0.3) is 5.91 Å². The van der Waals surface area contributed by atoms with E-state index >= 15 is 0 Å². The fourth-order valence-corrected chi connectivity index (χ4v) is 2.31. The van der Waals surface area contributed by atoms with Crippen molar-refractivity contribution < 1.29 is 22.7 Å². The van der Waals surface area contributed by atoms with Crippen LogP contribution in [-0.4, -0.2) is 30.1 Å². The molecule has 0 aliphatic carbocycles. The summed E-state index contributed by atoms with van der Waals surface area (Å²) in [4.78, 5) is 16.1. The Labute approximate surface area is 138 Å². The number of benzene rings is 1. The molecular formula is C17H19F3N2O2. The van der Waals surface area contributed by atoms with Gasteiger partial charge in [-0.2, -0.15) is 13.2 Å². The number of ether oxygens (including phenoxy) is 1. The van der Waals surface area contributed by atoms with Gasteiger partial charge >= 0.3 is 6.18 Å². The van der Waals surface area contributed by atoms with Gasteiger partial charge in [-0.1, -0.05) is 18.2 Å². The highest BCUT2D eigenvalue weighted by atomic mass is 19.4. The Morgan fingerprint density at radius 2 is 2.00 bits per heavy atom. The number of pyridine rings is 1. The molecule has 0 radical (unpaired) electrons. The fraction of sp³-hybridized carbons (Fsp3) is 0.412. The summed E-state index contributed by atoms with van der Waals surface area (Å²) in [7, 11) is 0. The van der Waals surface area contributed by atoms with Gasteiger partial charge in [-0.15, -0.1) is 0 Å². The van der Waals surface area contributed by atoms with Crippen molar-refractivity contribution >= 4 is 16.8 Å². The number of carbonyl (C=O) groups is 1. The molecule has 4 nitrogen and oxygen atoms in total. The predicted molar refractivity (Wildman–Crippen MR) is 84.8 cm³/mol. The Morgan fingerprint density at radius 3 is 2.67 bits per heavy atom. The van der Waals surface area contributed by atoms with Crippen molar-refractivity contribution in [3.05, 3.63) is 41.6 Å². The number of carbonyl (C=O) groups excluding carboxylic acids is 1. The third kappa shape index (κ3) is 4.44. The maximum Gasteiger partial charge on any atom is 0.417 e. The zero-order valence-corrected chi connectivity index (χ0v) is 13.5. The van der Waals surface area contributed by atoms with E-state index in [1.165, 1.54) is 18.2 Å². The van der Waals surface area contributed by atoms with Gasteiger partial charge in [0.2, 0.25) is 0 Å². The molecule has 0 aliphatic rings. The minimum absolute atomic E-state index is 0.0715. The molecule has 2 rings (SSSR count). The molecule has 0 spiro atoms. The number of hydrogen-bond donors (Lipinski definition) is 1. The van der Waals surface area contributed by atoms with Crippen LogP contribution in [0.5, 0.6) is 0 Å². The van der Waals surface area contributed by atoms with E-state index in [4.69, 9.17) is 4.74 Å². The van der Waals surface area contributed by atoms with Crippen LogP contribution in [0.3, 0.4) is 0 Å². The van der Waals surface area contributed by atoms with Crippen LogP contribution in [0.25, 0.3) is 10.9 Å². The first kappa shape index (κ1) is 18.2. The van der Waals surface area contributed by atoms with E-state index in [9.17, 15) is 18.0 Å². The first-order chi connectivity index (χ1) is 11.3. The Kier molecular flexibility index (Phi) is 5.77. The van der Waals surface area contributed by atoms with Crippen LogP contribution in [-0.2, 0) is 10.9 Å². The molecule has 0 fully saturated rings. The molecule has 1 aromatic heterocycles. The second kappa shape index (κ2) is 7.61. The van der Waals surface area contributed by atoms with Crippen molar-refractivity contribution in [3.63, 3.8) is 0 Å². The lowest BCUT2D eigenvalue weighted by molar-refractivity contribution is -0.136. The summed E-state index contributed by atoms with van der Waals surface area (Å²) in [6, 6.07) is 5.89. The fourth-order valence-electron chi connectivity index (χ4n) is 2.31. The van der Waals surface area contributed by atoms with Gasteiger partial charge < -0.3 is 10.1 Å². The Hall–Kier alpha value is -2.15. The number of aromatic nitrogens is 1. The monoisotopic (exact) mass is 340 g/mol. The van der Waals surface area contributed by atoms with Gasteiger partial charge in [0.15, 0.2) is 0 Å². The predicted octanol–water partition coefficient (Wildman–Crippen LogP) is 3.80. The molecule has 0 atom stereocenters. The molecule has 2 aromatic rings. The molecule has 0 saturated heterocycles. The summed E-state index contributed by atoms with van der Waals surface area (Å²) in [5.41, 5.74) is -1.22. The Morgan fingerprint density at radius 1 is 1.29 bits per heavy atom. The lowest BCUT2D eigenvalue weighted by Crippen LogP contribution is -2.28. The number of nitrogens with one attached hydrogen (secondary N) is 1. The summed E-state index contributed by atoms with van der Waals surface area (Å²) in [6.07, 6.45) is -3.07. The average molecular weight is 340 g/mol. The first-order valence-corrected chi connectivity index (χ1v) is 7.65. The number of hydrogen-bond acceptors (Lipinski definition) is 3. The van der Waals surface area contributed by atoms with Crippen molar-refractivity contribution in [2.75, 3.05) is 13.2 Å². The van der Waals surface area contributed by atoms with Crippen molar-refractivity contribution in [2.45, 2.75) is 32.5 Å². The summed E-state index contributed by atoms with van der Waals surface area (Å²) >= 11 is 0. The number of para-hydroxylation sites is 1. The van der Waals surface area contributed by atoms with Crippen molar-refractivity contribution in [2.24, 2.45) is 0 Å². The highest BCUT2D eigenvalue weighted by Gasteiger charge is 2.37. The number of halogens is 3. The largest absolute Gasteiger partial charge is 0.417 e. The van der Waals surface area contributed by atoms with Gasteiger partial charge in [-0.3, -0.25) is 9.78 Å². The van der Waals surface area contributed by atoms with Crippen LogP contribution < -0.4 is 5.32 Å². The summed E-state index contributed by atoms with van der Waals surface area (Å²) in [5.74, 6) is -0.787. The van der Waals surface area contributed by atoms with Crippen LogP contribution in [0.15, 0.2) is 30.5 Å². The normalized spacial score (nSPS) is 11.9. The van der Waals surface area contributed by atoms with Crippen molar-refractivity contribution in [1.82, 2.24) is 10.3 Å². The molecule has 1 N–H and O–H groups in total. The molecule has 130 valence electrons. The van der Waals surface area contributed by atoms with Crippen LogP contribution in [0.1, 0.15) is 36.2 Å². The van der Waals surface area contributed by atoms with E-state index in [-0.39, 0.29) is 23.6 Å². The molecule has 0 saturated carbocycles. The van der Waals surface area contributed by atoms with E-state index in [0.717, 1.165) is 6.20 Å². The highest BCUT2D eigenvalue weighted by Crippen LogP contribution is 2.36. The molecule has 1 aromatic carbocycles. The third-order valence-corrected chi connectivity index (χ3v) is 3.36. The topological polar surface area (TPSA) is 51.2 Å². The van der Waals surface area contributed by atoms with E-state index in [1.54, 1.807) is 6.07 Å². The number of amides is 1. The lowest BCUT2D eigenvalue weighted by atomic mass is 10.0. The zero-order valence-electron chi connectivity index (χ0n) is 13.5. The molecule has 1 heterocycles. The quantitative estimate of drug-likeness (QED) is 0.814. The second-order valence-corrected chi connectivity index (χ2v) is 5.59. The van der Waals surface area contributed by atoms with E-state index in [1.807, 2.05) is 13.8 Å². The van der Waals surface area contributed by atoms with Crippen LogP contribution in [0, 0.1) is 0 Å². The van der Waals surface area contributed by atoms with E-state index in [2.05, 4.69) is 10.3 Å². The van der Waals surface area contributed by atoms with Gasteiger partial charge in [0.05, 0.1) is 22.7 Å². The number of alkyl halides is 3. The van der Waals surface area contributed by atoms with Crippen LogP contribution in [0.4, 0.5) is 13.2 Å². The van der Waals surface area contributed by atoms with Crippen molar-refractivity contribution in [3.8, 4) is 0 Å². The maximum atomic E-state index is 13.4. The van der Waals surface area contributed by atoms with Crippen LogP contribution >= 0.6 is 0 Å². The number of fused-ring (bicyclic) bond motifs is 1. The van der Waals surface area contributed by atoms with Gasteiger partial charge in [-0.25, -0.2) is 0 Å². The average Bonchev–Trinajstić information content (AvgIpc) is 2.52. The summed E-state index contributed by atoms with van der Waals surface area (Å²) in [6.45, 7) is 4.43. The maximum absolute atomic E-state index is 13.4. The van der Waals surface area contributed by atoms with Crippen LogP contribution in [0.2, 0.25) is 0 Å². The molecule has 24 heavy (non-hydrogen) atoms. The highest BCUT2D eigenvalue weighted by molar-refractivity contribution is 6.00. The van der Waals surface area contributed by atoms with E-state index < -0.39 is 23.2 Å². The molecule has 0 unspecified atom stereocenters. The molecular weight excluding hydrogens is 321 g/mol. The Balaban J connectivity index is 2.20. The van der Waals surface area contributed by atoms with Gasteiger partial charge in [0.1, 0.15) is 0 Å². The van der Waals surface area contributed by atoms with E-state index in [0.29, 0.717) is 13.0 Å². The SMILES string of the molecule is CC(C)OCCCNC(=O)c1cnc2ccccc2c1C(F)(F)F. The van der Waals surface area contributed by atoms with Crippen molar-refractivity contribution in [1.29, 1.82) is 0 Å². The zero-order chi connectivity index (χ0) is 17.7. The Bertz CT molecular complexity index is 715. The number of rotatable bonds is 6. The minimum atomic E-state index is -4.64. The second-order valence-electron chi connectivity index (χ2n) is 5.59. The molecule has 7 heteroatoms. The van der Waals surface area contributed by atoms with Gasteiger partial charge in [-0.05, 0) is 26.3 Å². The lowest BCUT2D eigenvalue weighted by Gasteiger charge is -2.15. The number of nitrogens with zero attached hydrogens (tertiary/aromatic N) is 1. The summed E-state index contributed by atoms with van der Waals surface area (Å²) in [5, 5.41) is 2.41. The standard InChI is InChI=1S/C17H19F3N2O2/c1-11(2)24-9-5-8-21-16(23)13-10-22-14-7-4-3-6-12(14)15(13)17(18,19)20/h3-4,6-7,10-11H,5,8-9H2,1-2H3,(H,21,23). The minimum Gasteiger partial charge on any atom is -0.379 e. The van der Waals surface area contributed by atoms with Gasteiger partial charge in [0, 0.05) is 24.7 Å². The summed E-state index contributed by atoms with van der Waals surface area (Å²) < 4.78 is 45.6.